The van der Waals surface area contributed by atoms with Crippen LogP contribution in [-0.4, -0.2) is 264 Å². The van der Waals surface area contributed by atoms with Gasteiger partial charge in [-0.2, -0.15) is 13.2 Å². The van der Waals surface area contributed by atoms with Gasteiger partial charge in [-0.05, 0) is 124 Å². The third kappa shape index (κ3) is 19.6. The second-order valence-electron chi connectivity index (χ2n) is 29.4. The smallest absolute Gasteiger partial charge is 0.377 e. The van der Waals surface area contributed by atoms with E-state index in [0.717, 1.165) is 52.5 Å². The molecular formula is C74H103Cl2F3N12O13. The molecule has 104 heavy (non-hydrogen) atoms. The van der Waals surface area contributed by atoms with Crippen LogP contribution in [0.3, 0.4) is 0 Å². The highest BCUT2D eigenvalue weighted by molar-refractivity contribution is 6.42. The van der Waals surface area contributed by atoms with Crippen molar-refractivity contribution < 1.29 is 75.4 Å². The highest BCUT2D eigenvalue weighted by Crippen LogP contribution is 2.40. The van der Waals surface area contributed by atoms with Crippen molar-refractivity contribution in [2.75, 3.05) is 89.2 Å². The van der Waals surface area contributed by atoms with Crippen molar-refractivity contribution >= 4 is 94.1 Å². The van der Waals surface area contributed by atoms with Crippen LogP contribution in [0.4, 0.5) is 13.2 Å². The molecule has 25 nitrogen and oxygen atoms in total. The number of hydrogen-bond donors (Lipinski definition) is 3. The molecule has 0 aromatic heterocycles. The van der Waals surface area contributed by atoms with Crippen molar-refractivity contribution in [2.24, 2.45) is 17.8 Å². The van der Waals surface area contributed by atoms with Crippen LogP contribution in [0.25, 0.3) is 0 Å². The SMILES string of the molecule is CCO[C@@H]1C[C@H]2C(=O)NC3(CCC3)C(=O)N(C)[C@@H](C3CCCC3)C(=O)N(C)[C@H](C(=O)N(C)C)CC(=O)N(C)[C@@H](CC3CC3)C(=O)N[C@@H]([C@@H](C)CC)C(=O)N(C)CC(=O)N(C)[C@H]3C/C=C\CCN(C3=O)[C@@H](Cc3ccc(C(F)(F)F)cc3)C(=O)N(C)CC(=O)N[C@@H](CCc3ccc(Cl)c(Cl)c3)C(=O)N2C1. The van der Waals surface area contributed by atoms with Crippen molar-refractivity contribution in [1.82, 2.24) is 60.0 Å². The number of rotatable bonds is 13. The van der Waals surface area contributed by atoms with E-state index in [1.165, 1.54) is 97.9 Å². The predicted octanol–water partition coefficient (Wildman–Crippen LogP) is 5.50. The Hall–Kier alpha value is -7.85. The molecule has 8 rings (SSSR count). The van der Waals surface area contributed by atoms with Gasteiger partial charge in [-0.3, -0.25) is 57.5 Å². The lowest BCUT2D eigenvalue weighted by molar-refractivity contribution is -0.158. The molecule has 3 aliphatic carbocycles. The third-order valence-corrected chi connectivity index (χ3v) is 22.6. The highest BCUT2D eigenvalue weighted by atomic mass is 35.5. The Morgan fingerprint density at radius 2 is 1.35 bits per heavy atom. The van der Waals surface area contributed by atoms with Gasteiger partial charge < -0.3 is 64.8 Å². The molecule has 12 amide bonds. The molecule has 1 spiro atoms. The van der Waals surface area contributed by atoms with E-state index < -0.39 is 174 Å². The summed E-state index contributed by atoms with van der Waals surface area (Å²) >= 11 is 12.8. The van der Waals surface area contributed by atoms with Gasteiger partial charge in [0.25, 0.3) is 0 Å². The lowest BCUT2D eigenvalue weighted by atomic mass is 9.74. The van der Waals surface area contributed by atoms with Crippen LogP contribution >= 0.6 is 23.2 Å². The predicted molar refractivity (Wildman–Crippen MR) is 381 cm³/mol. The van der Waals surface area contributed by atoms with Crippen molar-refractivity contribution in [1.29, 1.82) is 0 Å². The van der Waals surface area contributed by atoms with Crippen molar-refractivity contribution in [3.05, 3.63) is 81.4 Å². The maximum absolute atomic E-state index is 15.5. The normalized spacial score (nSPS) is 27.1. The number of fused-ring (bicyclic) bond motifs is 3. The second kappa shape index (κ2) is 35.5. The van der Waals surface area contributed by atoms with Crippen LogP contribution in [0.15, 0.2) is 54.6 Å². The first kappa shape index (κ1) is 81.8. The largest absolute Gasteiger partial charge is 0.416 e. The van der Waals surface area contributed by atoms with E-state index in [4.69, 9.17) is 27.9 Å². The van der Waals surface area contributed by atoms with Crippen molar-refractivity contribution in [3.8, 4) is 0 Å². The number of amides is 12. The van der Waals surface area contributed by atoms with E-state index in [2.05, 4.69) is 16.0 Å². The van der Waals surface area contributed by atoms with Crippen molar-refractivity contribution in [3.63, 3.8) is 0 Å². The Labute approximate surface area is 617 Å². The lowest BCUT2D eigenvalue weighted by Gasteiger charge is -2.46. The van der Waals surface area contributed by atoms with Crippen LogP contribution in [0.5, 0.6) is 0 Å². The van der Waals surface area contributed by atoms with Gasteiger partial charge in [-0.15, -0.1) is 0 Å². The summed E-state index contributed by atoms with van der Waals surface area (Å²) in [6.07, 6.45) is 2.57. The van der Waals surface area contributed by atoms with Crippen LogP contribution in [0.1, 0.15) is 140 Å². The van der Waals surface area contributed by atoms with Crippen LogP contribution in [-0.2, 0) is 81.3 Å². The van der Waals surface area contributed by atoms with Gasteiger partial charge in [-0.1, -0.05) is 99.5 Å². The molecular weight excluding hydrogens is 1390 g/mol. The number of nitrogens with one attached hydrogen (secondary N) is 3. The fourth-order valence-corrected chi connectivity index (χ4v) is 15.2. The summed E-state index contributed by atoms with van der Waals surface area (Å²) in [6, 6.07) is -1.73. The Kier molecular flexibility index (Phi) is 27.9. The lowest BCUT2D eigenvalue weighted by Crippen LogP contribution is -2.68. The molecule has 3 saturated carbocycles. The van der Waals surface area contributed by atoms with Gasteiger partial charge in [0.15, 0.2) is 0 Å². The Balaban J connectivity index is 1.21. The fourth-order valence-electron chi connectivity index (χ4n) is 14.9. The van der Waals surface area contributed by atoms with Gasteiger partial charge in [0, 0.05) is 88.9 Å². The number of aryl methyl sites for hydroxylation is 1. The fraction of sp³-hybridized carbons (Fsp3) is 0.649. The van der Waals surface area contributed by atoms with Crippen molar-refractivity contribution in [2.45, 2.75) is 202 Å². The van der Waals surface area contributed by atoms with Gasteiger partial charge in [0.1, 0.15) is 53.9 Å². The van der Waals surface area contributed by atoms with Crippen LogP contribution in [0, 0.1) is 17.8 Å². The summed E-state index contributed by atoms with van der Waals surface area (Å²) in [4.78, 5) is 192. The maximum atomic E-state index is 15.5. The second-order valence-corrected chi connectivity index (χ2v) is 30.2. The van der Waals surface area contributed by atoms with Gasteiger partial charge in [0.05, 0.1) is 41.2 Å². The zero-order chi connectivity index (χ0) is 76.4. The molecule has 6 aliphatic rings. The van der Waals surface area contributed by atoms with Gasteiger partial charge in [-0.25, -0.2) is 0 Å². The molecule has 30 heteroatoms. The summed E-state index contributed by atoms with van der Waals surface area (Å²) in [6.45, 7) is 3.86. The number of carbonyl (C=O) groups excluding carboxylic acids is 12. The highest BCUT2D eigenvalue weighted by Gasteiger charge is 2.54. The molecule has 3 heterocycles. The summed E-state index contributed by atoms with van der Waals surface area (Å²) < 4.78 is 48.0. The Morgan fingerprint density at radius 3 is 1.94 bits per heavy atom. The zero-order valence-corrected chi connectivity index (χ0v) is 63.1. The molecule has 2 saturated heterocycles. The first-order valence-electron chi connectivity index (χ1n) is 36.3. The first-order valence-corrected chi connectivity index (χ1v) is 37.0. The molecule has 2 bridgehead atoms. The maximum Gasteiger partial charge on any atom is 0.416 e. The van der Waals surface area contributed by atoms with Gasteiger partial charge in [0.2, 0.25) is 70.9 Å². The molecule has 3 aliphatic heterocycles. The molecule has 3 N–H and O–H groups in total. The number of likely N-dealkylation sites (N-methyl/N-ethyl adjacent to an activating group) is 7. The minimum atomic E-state index is -4.72. The minimum absolute atomic E-state index is 0.0309. The first-order chi connectivity index (χ1) is 49.1. The topological polar surface area (TPSA) is 279 Å². The van der Waals surface area contributed by atoms with E-state index in [1.807, 2.05) is 6.92 Å². The number of nitrogens with zero attached hydrogens (tertiary/aromatic N) is 9. The number of hydrogen-bond acceptors (Lipinski definition) is 13. The Morgan fingerprint density at radius 1 is 0.692 bits per heavy atom. The summed E-state index contributed by atoms with van der Waals surface area (Å²) in [5, 5.41) is 9.21. The number of benzene rings is 2. The number of alkyl halides is 3. The molecule has 10 atom stereocenters. The summed E-state index contributed by atoms with van der Waals surface area (Å²) in [7, 11) is 11.3. The third-order valence-electron chi connectivity index (χ3n) is 21.9. The molecule has 2 aromatic carbocycles. The zero-order valence-electron chi connectivity index (χ0n) is 61.6. The minimum Gasteiger partial charge on any atom is -0.377 e. The summed E-state index contributed by atoms with van der Waals surface area (Å²) in [5.74, 6) is -9.41. The van der Waals surface area contributed by atoms with Crippen LogP contribution < -0.4 is 16.0 Å². The molecule has 5 fully saturated rings. The molecule has 2 aromatic rings. The summed E-state index contributed by atoms with van der Waals surface area (Å²) in [5.41, 5.74) is -1.73. The Bertz CT molecular complexity index is 3530. The number of ether oxygens (including phenoxy) is 1. The standard InChI is InChI=1S/C74H103Cl2F3N12O13/c1-12-44(3)62-70(101)85(7)43-61(94)86(8)54-22-15-14-18-35-90(69(54)100)58(38-47-25-29-49(30-26-47)74(77,78)79)68(99)84(6)42-59(92)80-53(32-28-45-27-31-51(75)52(76)36-45)66(97)91-41-50(104-13-2)39-56(91)65(96)82-73(33-19-34-73)72(103)89(11)63(48-20-16-17-21-48)71(102)88(10)57(67(98)83(4)5)40-60(93)87(9)55(64(95)81-62)37-46-23-24-46/h14-15,25-27,29-31,36,44,46,48,50,53-58,62-63H,12-13,16-24,28,32-35,37-43H2,1-11H3,(H,80,92)(H,81,95)(H,82,96)/b15-14-/t44-,50+,53-,54-,55-,56-,57-,58-,62-,63-/m0/s1. The molecule has 572 valence electrons. The average molecular weight is 1500 g/mol. The number of carbonyl (C=O) groups is 12. The van der Waals surface area contributed by atoms with Crippen LogP contribution in [0.2, 0.25) is 10.0 Å². The van der Waals surface area contributed by atoms with E-state index in [0.29, 0.717) is 31.2 Å². The number of halogens is 5. The average Bonchev–Trinajstić information content (AvgIpc) is 1.07. The molecule has 0 unspecified atom stereocenters. The van der Waals surface area contributed by atoms with E-state index in [1.54, 1.807) is 44.2 Å². The van der Waals surface area contributed by atoms with E-state index in [-0.39, 0.29) is 99.0 Å². The van der Waals surface area contributed by atoms with E-state index in [9.17, 15) is 41.9 Å². The molecule has 0 radical (unpaired) electrons. The quantitative estimate of drug-likeness (QED) is 0.209. The van der Waals surface area contributed by atoms with Gasteiger partial charge >= 0.3 is 6.18 Å². The van der Waals surface area contributed by atoms with E-state index >= 15 is 28.8 Å². The monoisotopic (exact) mass is 1490 g/mol.